The highest BCUT2D eigenvalue weighted by Crippen LogP contribution is 2.29. The van der Waals surface area contributed by atoms with Gasteiger partial charge < -0.3 is 0 Å². The molecule has 0 amide bonds. The largest absolute Gasteiger partial charge is 0.299 e. The molecule has 0 N–H and O–H groups in total. The molecule has 0 fully saturated rings. The van der Waals surface area contributed by atoms with Gasteiger partial charge in [-0.3, -0.25) is 9.69 Å². The van der Waals surface area contributed by atoms with E-state index in [9.17, 15) is 13.6 Å². The minimum absolute atomic E-state index is 0.0689. The van der Waals surface area contributed by atoms with Crippen LogP contribution in [0.3, 0.4) is 0 Å². The Kier molecular flexibility index (Phi) is 8.22. The van der Waals surface area contributed by atoms with Gasteiger partial charge in [0.2, 0.25) is 0 Å². The van der Waals surface area contributed by atoms with Crippen LogP contribution in [0.1, 0.15) is 52.2 Å². The third kappa shape index (κ3) is 6.16. The van der Waals surface area contributed by atoms with Crippen LogP contribution in [0, 0.1) is 11.6 Å². The average Bonchev–Trinajstić information content (AvgIpc) is 2.86. The first-order chi connectivity index (χ1) is 16.4. The molecule has 3 aromatic carbocycles. The van der Waals surface area contributed by atoms with Crippen molar-refractivity contribution in [1.29, 1.82) is 0 Å². The molecule has 0 spiro atoms. The maximum absolute atomic E-state index is 13.8. The fraction of sp³-hybridized carbons (Fsp3) is 0.321. The summed E-state index contributed by atoms with van der Waals surface area (Å²) >= 11 is 1.69. The molecule has 1 unspecified atom stereocenters. The van der Waals surface area contributed by atoms with Gasteiger partial charge in [-0.05, 0) is 85.5 Å². The number of thioether (sulfide) groups is 1. The third-order valence-electron chi connectivity index (χ3n) is 6.55. The van der Waals surface area contributed by atoms with Gasteiger partial charge in [-0.2, -0.15) is 0 Å². The monoisotopic (exact) mass is 475 g/mol. The zero-order chi connectivity index (χ0) is 24.1. The van der Waals surface area contributed by atoms with Crippen molar-refractivity contribution in [2.45, 2.75) is 43.0 Å². The number of hydrogen-bond acceptors (Lipinski definition) is 3. The van der Waals surface area contributed by atoms with E-state index in [1.807, 2.05) is 18.4 Å². The van der Waals surface area contributed by atoms with Crippen molar-refractivity contribution < 1.29 is 13.6 Å². The topological polar surface area (TPSA) is 20.3 Å². The summed E-state index contributed by atoms with van der Waals surface area (Å²) in [6.45, 7) is 2.09. The Labute approximate surface area is 206 Å². The summed E-state index contributed by atoms with van der Waals surface area (Å²) in [7, 11) is 6.03. The highest BCUT2D eigenvalue weighted by Gasteiger charge is 2.22. The number of rotatable bonds is 4. The Balaban J connectivity index is 1.62. The van der Waals surface area contributed by atoms with E-state index >= 15 is 0 Å². The number of carbonyl (C=O) groups excluding carboxylic acids is 1. The number of hydrogen-bond donors (Lipinski definition) is 0. The van der Waals surface area contributed by atoms with Gasteiger partial charge in [0.25, 0.3) is 0 Å². The second kappa shape index (κ2) is 11.3. The molecule has 0 aromatic heterocycles. The lowest BCUT2D eigenvalue weighted by atomic mass is 9.85. The summed E-state index contributed by atoms with van der Waals surface area (Å²) in [5.41, 5.74) is 4.29. The second-order valence-electron chi connectivity index (χ2n) is 8.93. The molecule has 0 saturated heterocycles. The molecule has 1 aliphatic heterocycles. The van der Waals surface area contributed by atoms with E-state index < -0.39 is 11.6 Å². The van der Waals surface area contributed by atoms with E-state index in [4.69, 9.17) is 7.85 Å². The van der Waals surface area contributed by atoms with E-state index in [2.05, 4.69) is 29.2 Å². The van der Waals surface area contributed by atoms with Gasteiger partial charge >= 0.3 is 0 Å². The minimum atomic E-state index is -0.831. The minimum Gasteiger partial charge on any atom is -0.299 e. The van der Waals surface area contributed by atoms with Crippen LogP contribution in [0.15, 0.2) is 65.6 Å². The van der Waals surface area contributed by atoms with Crippen LogP contribution in [-0.4, -0.2) is 37.9 Å². The molecule has 1 atom stereocenters. The lowest BCUT2D eigenvalue weighted by molar-refractivity contribution is 0.0969. The van der Waals surface area contributed by atoms with E-state index in [1.54, 1.807) is 23.9 Å². The molecule has 3 aromatic rings. The molecule has 0 bridgehead atoms. The van der Waals surface area contributed by atoms with Gasteiger partial charge in [-0.25, -0.2) is 8.78 Å². The Morgan fingerprint density at radius 2 is 1.79 bits per heavy atom. The van der Waals surface area contributed by atoms with Crippen molar-refractivity contribution in [2.24, 2.45) is 0 Å². The molecule has 6 heteroatoms. The van der Waals surface area contributed by atoms with Crippen LogP contribution in [0.2, 0.25) is 0 Å². The molecule has 2 nitrogen and oxygen atoms in total. The molecule has 0 aliphatic carbocycles. The highest BCUT2D eigenvalue weighted by atomic mass is 32.2. The summed E-state index contributed by atoms with van der Waals surface area (Å²) in [5, 5.41) is 0. The Morgan fingerprint density at radius 1 is 1.00 bits per heavy atom. The zero-order valence-corrected chi connectivity index (χ0v) is 20.2. The SMILES string of the molecule is [B]c1ccc2c(c1)CCCN(Cc1ccc(F)c(F)c1)CCC(c1ccc(SC)cc1)CC2=O. The number of benzene rings is 3. The average molecular weight is 475 g/mol. The molecule has 1 heterocycles. The Hall–Kier alpha value is -2.44. The number of carbonyl (C=O) groups is 1. The van der Waals surface area contributed by atoms with E-state index in [0.717, 1.165) is 54.6 Å². The number of fused-ring (bicyclic) bond motifs is 1. The molecule has 34 heavy (non-hydrogen) atoms. The number of Topliss-reactive ketones (excluding diaryl/α,β-unsaturated/α-hetero) is 1. The molecule has 1 aliphatic rings. The first-order valence-electron chi connectivity index (χ1n) is 11.6. The fourth-order valence-electron chi connectivity index (χ4n) is 4.69. The van der Waals surface area contributed by atoms with Crippen LogP contribution in [0.25, 0.3) is 0 Å². The summed E-state index contributed by atoms with van der Waals surface area (Å²) in [4.78, 5) is 16.8. The summed E-state index contributed by atoms with van der Waals surface area (Å²) < 4.78 is 27.2. The summed E-state index contributed by atoms with van der Waals surface area (Å²) in [6.07, 6.45) is 4.87. The fourth-order valence-corrected chi connectivity index (χ4v) is 5.09. The standard InChI is InChI=1S/C28H28BF2NOS/c1-34-24-8-5-20(6-9-24)21-12-14-32(18-19-4-11-26(30)27(31)15-19)13-2-3-22-16-23(29)7-10-25(22)28(33)17-21/h4-11,15-16,21H,2-3,12-14,17-18H2,1H3. The van der Waals surface area contributed by atoms with Gasteiger partial charge in [-0.1, -0.05) is 41.9 Å². The van der Waals surface area contributed by atoms with Crippen LogP contribution in [-0.2, 0) is 13.0 Å². The zero-order valence-electron chi connectivity index (χ0n) is 19.4. The first-order valence-corrected chi connectivity index (χ1v) is 12.9. The molecule has 2 radical (unpaired) electrons. The number of ketones is 1. The highest BCUT2D eigenvalue weighted by molar-refractivity contribution is 7.98. The predicted molar refractivity (Wildman–Crippen MR) is 136 cm³/mol. The lowest BCUT2D eigenvalue weighted by Crippen LogP contribution is -2.27. The van der Waals surface area contributed by atoms with E-state index in [1.165, 1.54) is 17.0 Å². The van der Waals surface area contributed by atoms with Crippen molar-refractivity contribution in [3.05, 3.63) is 94.6 Å². The summed E-state index contributed by atoms with van der Waals surface area (Å²) in [6, 6.07) is 18.1. The van der Waals surface area contributed by atoms with E-state index in [-0.39, 0.29) is 11.7 Å². The molecule has 4 rings (SSSR count). The quantitative estimate of drug-likeness (QED) is 0.358. The smallest absolute Gasteiger partial charge is 0.163 e. The van der Waals surface area contributed by atoms with Gasteiger partial charge in [-0.15, -0.1) is 11.8 Å². The normalized spacial score (nSPS) is 17.7. The Morgan fingerprint density at radius 3 is 2.53 bits per heavy atom. The van der Waals surface area contributed by atoms with Crippen molar-refractivity contribution in [3.63, 3.8) is 0 Å². The second-order valence-corrected chi connectivity index (χ2v) is 9.81. The van der Waals surface area contributed by atoms with Crippen LogP contribution < -0.4 is 5.46 Å². The van der Waals surface area contributed by atoms with Gasteiger partial charge in [0, 0.05) is 23.4 Å². The van der Waals surface area contributed by atoms with Crippen LogP contribution >= 0.6 is 11.8 Å². The van der Waals surface area contributed by atoms with E-state index in [0.29, 0.717) is 18.4 Å². The number of halogens is 2. The lowest BCUT2D eigenvalue weighted by Gasteiger charge is -2.25. The van der Waals surface area contributed by atoms with Gasteiger partial charge in [0.05, 0.1) is 0 Å². The maximum Gasteiger partial charge on any atom is 0.163 e. The van der Waals surface area contributed by atoms with Crippen molar-refractivity contribution in [1.82, 2.24) is 4.90 Å². The molecular weight excluding hydrogens is 447 g/mol. The molecule has 174 valence electrons. The first kappa shape index (κ1) is 24.7. The van der Waals surface area contributed by atoms with Gasteiger partial charge in [0.15, 0.2) is 17.4 Å². The third-order valence-corrected chi connectivity index (χ3v) is 7.30. The van der Waals surface area contributed by atoms with Crippen LogP contribution in [0.4, 0.5) is 8.78 Å². The van der Waals surface area contributed by atoms with Crippen molar-refractivity contribution in [3.8, 4) is 0 Å². The van der Waals surface area contributed by atoms with Crippen molar-refractivity contribution in [2.75, 3.05) is 19.3 Å². The maximum atomic E-state index is 13.8. The van der Waals surface area contributed by atoms with Gasteiger partial charge in [0.1, 0.15) is 7.85 Å². The molecular formula is C28H28BF2NOS. The van der Waals surface area contributed by atoms with Crippen molar-refractivity contribution >= 4 is 30.9 Å². The van der Waals surface area contributed by atoms with Crippen LogP contribution in [0.5, 0.6) is 0 Å². The Bertz CT molecular complexity index is 1150. The predicted octanol–water partition coefficient (Wildman–Crippen LogP) is 5.68. The number of nitrogens with zero attached hydrogens (tertiary/aromatic N) is 1. The summed E-state index contributed by atoms with van der Waals surface area (Å²) in [5.74, 6) is -1.44. The molecule has 0 saturated carbocycles. The number of aryl methyl sites for hydroxylation is 1.